The Hall–Kier alpha value is -2.24. The molecule has 2 aromatic rings. The molecule has 1 atom stereocenters. The molecule has 2 aromatic carbocycles. The minimum Gasteiger partial charge on any atom is -0.497 e. The summed E-state index contributed by atoms with van der Waals surface area (Å²) in [5, 5.41) is 0.105. The van der Waals surface area contributed by atoms with Crippen molar-refractivity contribution in [3.8, 4) is 29.4 Å². The summed E-state index contributed by atoms with van der Waals surface area (Å²) >= 11 is 3.65. The highest BCUT2D eigenvalue weighted by Gasteiger charge is 2.23. The number of ether oxygens (including phenoxy) is 2. The SMILES string of the molecule is COCCCCC#C/C(=C\C#CCSc1ccccc1)C(SC(C)(C)C)c1ccc(OC)cc1. The van der Waals surface area contributed by atoms with E-state index in [2.05, 4.69) is 80.9 Å². The highest BCUT2D eigenvalue weighted by atomic mass is 32.2. The first-order valence-corrected chi connectivity index (χ1v) is 13.5. The molecule has 0 heterocycles. The molecule has 180 valence electrons. The van der Waals surface area contributed by atoms with Crippen LogP contribution in [0.4, 0.5) is 0 Å². The molecular formula is C30H36O2S2. The topological polar surface area (TPSA) is 18.5 Å². The molecular weight excluding hydrogens is 456 g/mol. The van der Waals surface area contributed by atoms with E-state index in [1.165, 1.54) is 10.5 Å². The van der Waals surface area contributed by atoms with Crippen LogP contribution < -0.4 is 4.74 Å². The second-order valence-corrected chi connectivity index (χ2v) is 11.6. The van der Waals surface area contributed by atoms with Gasteiger partial charge in [-0.25, -0.2) is 0 Å². The van der Waals surface area contributed by atoms with Crippen LogP contribution in [0.3, 0.4) is 0 Å². The smallest absolute Gasteiger partial charge is 0.118 e. The van der Waals surface area contributed by atoms with Crippen molar-refractivity contribution < 1.29 is 9.47 Å². The Kier molecular flexibility index (Phi) is 12.9. The molecule has 0 saturated heterocycles. The maximum atomic E-state index is 5.37. The molecule has 0 fully saturated rings. The van der Waals surface area contributed by atoms with E-state index in [1.54, 1.807) is 26.0 Å². The van der Waals surface area contributed by atoms with Gasteiger partial charge in [0.1, 0.15) is 5.75 Å². The fourth-order valence-corrected chi connectivity index (χ4v) is 4.98. The number of thioether (sulfide) groups is 2. The molecule has 0 spiro atoms. The third kappa shape index (κ3) is 11.3. The van der Waals surface area contributed by atoms with Crippen molar-refractivity contribution in [2.24, 2.45) is 0 Å². The van der Waals surface area contributed by atoms with E-state index in [0.29, 0.717) is 0 Å². The van der Waals surface area contributed by atoms with Gasteiger partial charge in [-0.1, -0.05) is 74.8 Å². The van der Waals surface area contributed by atoms with E-state index in [-0.39, 0.29) is 10.00 Å². The average Bonchev–Trinajstić information content (AvgIpc) is 2.83. The largest absolute Gasteiger partial charge is 0.497 e. The Bertz CT molecular complexity index is 997. The van der Waals surface area contributed by atoms with Crippen LogP contribution in [0.25, 0.3) is 0 Å². The number of rotatable bonds is 10. The zero-order valence-electron chi connectivity index (χ0n) is 21.0. The Morgan fingerprint density at radius 2 is 1.71 bits per heavy atom. The zero-order chi connectivity index (χ0) is 24.7. The average molecular weight is 493 g/mol. The van der Waals surface area contributed by atoms with E-state index in [0.717, 1.165) is 42.9 Å². The lowest BCUT2D eigenvalue weighted by molar-refractivity contribution is 0.193. The summed E-state index contributed by atoms with van der Waals surface area (Å²) in [6, 6.07) is 18.7. The van der Waals surface area contributed by atoms with Crippen molar-refractivity contribution in [1.82, 2.24) is 0 Å². The van der Waals surface area contributed by atoms with Crippen LogP contribution in [0.1, 0.15) is 50.8 Å². The van der Waals surface area contributed by atoms with Gasteiger partial charge in [-0.05, 0) is 42.7 Å². The third-order valence-corrected chi connectivity index (χ3v) is 7.05. The highest BCUT2D eigenvalue weighted by Crippen LogP contribution is 2.43. The lowest BCUT2D eigenvalue weighted by atomic mass is 10.0. The summed E-state index contributed by atoms with van der Waals surface area (Å²) in [5.41, 5.74) is 2.26. The third-order valence-electron chi connectivity index (χ3n) is 4.69. The van der Waals surface area contributed by atoms with Crippen LogP contribution in [0.15, 0.2) is 71.1 Å². The predicted molar refractivity (Wildman–Crippen MR) is 150 cm³/mol. The van der Waals surface area contributed by atoms with Crippen LogP contribution in [0, 0.1) is 23.7 Å². The van der Waals surface area contributed by atoms with Gasteiger partial charge < -0.3 is 9.47 Å². The Labute approximate surface area is 215 Å². The molecule has 4 heteroatoms. The first kappa shape index (κ1) is 28.0. The summed E-state index contributed by atoms with van der Waals surface area (Å²) in [5.74, 6) is 15.0. The molecule has 0 bridgehead atoms. The summed E-state index contributed by atoms with van der Waals surface area (Å²) in [4.78, 5) is 1.23. The zero-order valence-corrected chi connectivity index (χ0v) is 22.7. The molecule has 34 heavy (non-hydrogen) atoms. The lowest BCUT2D eigenvalue weighted by Crippen LogP contribution is -2.12. The van der Waals surface area contributed by atoms with Crippen molar-refractivity contribution in [2.45, 2.75) is 54.9 Å². The van der Waals surface area contributed by atoms with E-state index in [9.17, 15) is 0 Å². The fourth-order valence-electron chi connectivity index (χ4n) is 3.05. The maximum Gasteiger partial charge on any atom is 0.118 e. The van der Waals surface area contributed by atoms with Crippen molar-refractivity contribution in [2.75, 3.05) is 26.6 Å². The minimum atomic E-state index is 0.0699. The Morgan fingerprint density at radius 3 is 2.35 bits per heavy atom. The normalized spacial score (nSPS) is 12.2. The fraction of sp³-hybridized carbons (Fsp3) is 0.400. The molecule has 0 N–H and O–H groups in total. The second kappa shape index (κ2) is 15.6. The summed E-state index contributed by atoms with van der Waals surface area (Å²) in [6.07, 6.45) is 4.93. The first-order valence-electron chi connectivity index (χ1n) is 11.6. The standard InChI is InChI=1S/C30H36O2S2/c1-30(2,3)34-29(26-19-21-27(32-5)22-20-26)25(15-9-6-7-13-23-31-4)16-12-14-24-33-28-17-10-8-11-18-28/h8,10-11,16-22,29H,6-7,13,23-24H2,1-5H3/b25-16+. The van der Waals surface area contributed by atoms with Crippen LogP contribution >= 0.6 is 23.5 Å². The Balaban J connectivity index is 2.27. The molecule has 0 aliphatic rings. The quantitative estimate of drug-likeness (QED) is 0.191. The number of allylic oxidation sites excluding steroid dienone is 1. The summed E-state index contributed by atoms with van der Waals surface area (Å²) in [7, 11) is 3.43. The van der Waals surface area contributed by atoms with Gasteiger partial charge in [0.25, 0.3) is 0 Å². The van der Waals surface area contributed by atoms with Crippen molar-refractivity contribution >= 4 is 23.5 Å². The molecule has 0 aromatic heterocycles. The van der Waals surface area contributed by atoms with E-state index in [4.69, 9.17) is 9.47 Å². The Morgan fingerprint density at radius 1 is 0.971 bits per heavy atom. The molecule has 0 amide bonds. The van der Waals surface area contributed by atoms with Crippen LogP contribution in [-0.2, 0) is 4.74 Å². The van der Waals surface area contributed by atoms with E-state index < -0.39 is 0 Å². The van der Waals surface area contributed by atoms with Gasteiger partial charge in [-0.15, -0.1) is 23.5 Å². The minimum absolute atomic E-state index is 0.0699. The van der Waals surface area contributed by atoms with Gasteiger partial charge in [0, 0.05) is 41.4 Å². The number of benzene rings is 2. The van der Waals surface area contributed by atoms with Crippen LogP contribution in [0.2, 0.25) is 0 Å². The lowest BCUT2D eigenvalue weighted by Gasteiger charge is -2.26. The van der Waals surface area contributed by atoms with Gasteiger partial charge in [-0.2, -0.15) is 0 Å². The van der Waals surface area contributed by atoms with Gasteiger partial charge in [-0.3, -0.25) is 0 Å². The van der Waals surface area contributed by atoms with Crippen molar-refractivity contribution in [1.29, 1.82) is 0 Å². The summed E-state index contributed by atoms with van der Waals surface area (Å²) in [6.45, 7) is 7.51. The van der Waals surface area contributed by atoms with Gasteiger partial charge in [0.15, 0.2) is 0 Å². The van der Waals surface area contributed by atoms with Gasteiger partial charge in [0.05, 0.1) is 18.1 Å². The predicted octanol–water partition coefficient (Wildman–Crippen LogP) is 7.81. The molecule has 0 aliphatic carbocycles. The summed E-state index contributed by atoms with van der Waals surface area (Å²) < 4.78 is 10.6. The molecule has 0 radical (unpaired) electrons. The molecule has 1 unspecified atom stereocenters. The monoisotopic (exact) mass is 492 g/mol. The molecule has 0 aliphatic heterocycles. The first-order chi connectivity index (χ1) is 16.4. The van der Waals surface area contributed by atoms with Gasteiger partial charge >= 0.3 is 0 Å². The van der Waals surface area contributed by atoms with E-state index >= 15 is 0 Å². The van der Waals surface area contributed by atoms with Crippen LogP contribution in [-0.4, -0.2) is 31.3 Å². The highest BCUT2D eigenvalue weighted by molar-refractivity contribution is 8.01. The number of hydrogen-bond acceptors (Lipinski definition) is 4. The van der Waals surface area contributed by atoms with Crippen molar-refractivity contribution in [3.05, 3.63) is 71.8 Å². The second-order valence-electron chi connectivity index (χ2n) is 8.66. The maximum absolute atomic E-state index is 5.37. The number of hydrogen-bond donors (Lipinski definition) is 0. The molecule has 2 nitrogen and oxygen atoms in total. The van der Waals surface area contributed by atoms with Crippen LogP contribution in [0.5, 0.6) is 5.75 Å². The number of unbranched alkanes of at least 4 members (excludes halogenated alkanes) is 2. The number of methoxy groups -OCH3 is 2. The van der Waals surface area contributed by atoms with Gasteiger partial charge in [0.2, 0.25) is 0 Å². The molecule has 0 saturated carbocycles. The van der Waals surface area contributed by atoms with E-state index in [1.807, 2.05) is 36.0 Å². The molecule has 2 rings (SSSR count). The van der Waals surface area contributed by atoms with Crippen molar-refractivity contribution in [3.63, 3.8) is 0 Å².